The molecule has 2 aromatic rings. The number of hydrogen-bond acceptors (Lipinski definition) is 6. The summed E-state index contributed by atoms with van der Waals surface area (Å²) in [6.45, 7) is 0.512. The van der Waals surface area contributed by atoms with Crippen LogP contribution in [0, 0.1) is 0 Å². The number of benzene rings is 1. The molecule has 0 bridgehead atoms. The molecule has 1 atom stereocenters. The van der Waals surface area contributed by atoms with Crippen LogP contribution in [0.15, 0.2) is 42.1 Å². The second kappa shape index (κ2) is 5.68. The lowest BCUT2D eigenvalue weighted by Gasteiger charge is -2.10. The molecule has 1 aliphatic rings. The summed E-state index contributed by atoms with van der Waals surface area (Å²) in [6.07, 6.45) is 2.99. The van der Waals surface area contributed by atoms with Crippen molar-refractivity contribution in [2.75, 3.05) is 5.75 Å². The molecule has 3 rings (SSSR count). The Labute approximate surface area is 126 Å². The SMILES string of the molecule is O=C(NC1C=CS(=O)(=O)C1)c1ccc(Cn2cnnn2)cc1. The highest BCUT2D eigenvalue weighted by atomic mass is 32.2. The third-order valence-corrected chi connectivity index (χ3v) is 4.59. The first-order valence-corrected chi connectivity index (χ1v) is 8.25. The smallest absolute Gasteiger partial charge is 0.251 e. The fourth-order valence-electron chi connectivity index (χ4n) is 2.12. The molecule has 0 aliphatic carbocycles. The molecule has 9 heteroatoms. The summed E-state index contributed by atoms with van der Waals surface area (Å²) in [7, 11) is -3.18. The van der Waals surface area contributed by atoms with Gasteiger partial charge in [0.25, 0.3) is 5.91 Å². The molecule has 8 nitrogen and oxygen atoms in total. The monoisotopic (exact) mass is 319 g/mol. The van der Waals surface area contributed by atoms with Crippen LogP contribution in [0.25, 0.3) is 0 Å². The molecule has 114 valence electrons. The van der Waals surface area contributed by atoms with E-state index in [9.17, 15) is 13.2 Å². The number of hydrogen-bond donors (Lipinski definition) is 1. The van der Waals surface area contributed by atoms with E-state index < -0.39 is 15.9 Å². The van der Waals surface area contributed by atoms with Gasteiger partial charge in [0.15, 0.2) is 9.84 Å². The van der Waals surface area contributed by atoms with E-state index in [0.29, 0.717) is 12.1 Å². The van der Waals surface area contributed by atoms with Gasteiger partial charge in [-0.1, -0.05) is 12.1 Å². The van der Waals surface area contributed by atoms with Crippen LogP contribution in [0.5, 0.6) is 0 Å². The Morgan fingerprint density at radius 2 is 2.09 bits per heavy atom. The van der Waals surface area contributed by atoms with Crippen LogP contribution in [0.3, 0.4) is 0 Å². The van der Waals surface area contributed by atoms with Crippen molar-refractivity contribution < 1.29 is 13.2 Å². The number of rotatable bonds is 4. The first-order chi connectivity index (χ1) is 10.5. The van der Waals surface area contributed by atoms with E-state index in [-0.39, 0.29) is 11.7 Å². The van der Waals surface area contributed by atoms with E-state index in [1.165, 1.54) is 12.4 Å². The first kappa shape index (κ1) is 14.4. The Bertz CT molecular complexity index is 797. The van der Waals surface area contributed by atoms with E-state index in [4.69, 9.17) is 0 Å². The fraction of sp³-hybridized carbons (Fsp3) is 0.231. The molecule has 2 heterocycles. The van der Waals surface area contributed by atoms with Crippen molar-refractivity contribution in [2.24, 2.45) is 0 Å². The highest BCUT2D eigenvalue weighted by Crippen LogP contribution is 2.10. The van der Waals surface area contributed by atoms with Crippen LogP contribution in [-0.2, 0) is 16.4 Å². The van der Waals surface area contributed by atoms with Gasteiger partial charge < -0.3 is 5.32 Å². The van der Waals surface area contributed by atoms with Gasteiger partial charge >= 0.3 is 0 Å². The second-order valence-corrected chi connectivity index (χ2v) is 6.87. The summed E-state index contributed by atoms with van der Waals surface area (Å²) in [5.41, 5.74) is 1.42. The van der Waals surface area contributed by atoms with Crippen LogP contribution in [0.2, 0.25) is 0 Å². The number of carbonyl (C=O) groups is 1. The second-order valence-electron chi connectivity index (χ2n) is 4.94. The van der Waals surface area contributed by atoms with E-state index >= 15 is 0 Å². The number of nitrogens with one attached hydrogen (secondary N) is 1. The van der Waals surface area contributed by atoms with Gasteiger partial charge in [0.1, 0.15) is 6.33 Å². The Hall–Kier alpha value is -2.55. The van der Waals surface area contributed by atoms with Crippen LogP contribution >= 0.6 is 0 Å². The molecule has 1 aromatic heterocycles. The Morgan fingerprint density at radius 1 is 1.32 bits per heavy atom. The van der Waals surface area contributed by atoms with E-state index in [2.05, 4.69) is 20.8 Å². The van der Waals surface area contributed by atoms with Crippen molar-refractivity contribution >= 4 is 15.7 Å². The number of carbonyl (C=O) groups excluding carboxylic acids is 1. The minimum absolute atomic E-state index is 0.0872. The maximum Gasteiger partial charge on any atom is 0.251 e. The molecule has 0 saturated carbocycles. The molecule has 1 aromatic carbocycles. The van der Waals surface area contributed by atoms with Crippen LogP contribution in [0.1, 0.15) is 15.9 Å². The number of amides is 1. The van der Waals surface area contributed by atoms with Gasteiger partial charge in [0.2, 0.25) is 0 Å². The van der Waals surface area contributed by atoms with Crippen LogP contribution < -0.4 is 5.32 Å². The summed E-state index contributed by atoms with van der Waals surface area (Å²) in [5.74, 6) is -0.392. The summed E-state index contributed by atoms with van der Waals surface area (Å²) < 4.78 is 24.2. The van der Waals surface area contributed by atoms with Gasteiger partial charge in [0, 0.05) is 11.0 Å². The first-order valence-electron chi connectivity index (χ1n) is 6.53. The van der Waals surface area contributed by atoms with Crippen molar-refractivity contribution in [2.45, 2.75) is 12.6 Å². The Balaban J connectivity index is 1.63. The standard InChI is InChI=1S/C13H13N5O3S/c19-13(15-12-5-6-22(20,21)8-12)11-3-1-10(2-4-11)7-18-9-14-16-17-18/h1-6,9,12H,7-8H2,(H,15,19). The quantitative estimate of drug-likeness (QED) is 0.833. The zero-order chi connectivity index (χ0) is 15.6. The molecular weight excluding hydrogens is 306 g/mol. The van der Waals surface area contributed by atoms with Crippen molar-refractivity contribution in [1.29, 1.82) is 0 Å². The van der Waals surface area contributed by atoms with E-state index in [0.717, 1.165) is 11.0 Å². The number of tetrazole rings is 1. The van der Waals surface area contributed by atoms with Crippen molar-refractivity contribution in [3.63, 3.8) is 0 Å². The lowest BCUT2D eigenvalue weighted by atomic mass is 10.1. The predicted octanol–water partition coefficient (Wildman–Crippen LogP) is -0.238. The van der Waals surface area contributed by atoms with Gasteiger partial charge in [-0.3, -0.25) is 4.79 Å². The average Bonchev–Trinajstić information content (AvgIpc) is 3.09. The topological polar surface area (TPSA) is 107 Å². The van der Waals surface area contributed by atoms with Gasteiger partial charge in [-0.15, -0.1) is 5.10 Å². The Morgan fingerprint density at radius 3 is 2.68 bits per heavy atom. The zero-order valence-electron chi connectivity index (χ0n) is 11.5. The van der Waals surface area contributed by atoms with Gasteiger partial charge in [0.05, 0.1) is 18.3 Å². The fourth-order valence-corrected chi connectivity index (χ4v) is 3.35. The van der Waals surface area contributed by atoms with E-state index in [1.54, 1.807) is 28.9 Å². The molecule has 1 N–H and O–H groups in total. The van der Waals surface area contributed by atoms with Crippen LogP contribution in [-0.4, -0.2) is 46.3 Å². The maximum absolute atomic E-state index is 12.1. The molecule has 22 heavy (non-hydrogen) atoms. The van der Waals surface area contributed by atoms with E-state index in [1.807, 2.05) is 0 Å². The lowest BCUT2D eigenvalue weighted by Crippen LogP contribution is -2.35. The molecular formula is C13H13N5O3S. The summed E-state index contributed by atoms with van der Waals surface area (Å²) in [5, 5.41) is 14.7. The highest BCUT2D eigenvalue weighted by Gasteiger charge is 2.23. The summed E-state index contributed by atoms with van der Waals surface area (Å²) in [6, 6.07) is 6.50. The van der Waals surface area contributed by atoms with Gasteiger partial charge in [-0.25, -0.2) is 13.1 Å². The summed E-state index contributed by atoms with van der Waals surface area (Å²) in [4.78, 5) is 12.1. The molecule has 1 aliphatic heterocycles. The van der Waals surface area contributed by atoms with Gasteiger partial charge in [-0.05, 0) is 34.2 Å². The molecule has 1 amide bonds. The number of sulfone groups is 1. The highest BCUT2D eigenvalue weighted by molar-refractivity contribution is 7.94. The molecule has 0 radical (unpaired) electrons. The molecule has 0 spiro atoms. The van der Waals surface area contributed by atoms with Crippen molar-refractivity contribution in [3.05, 3.63) is 53.2 Å². The molecule has 0 saturated heterocycles. The number of nitrogens with zero attached hydrogens (tertiary/aromatic N) is 4. The predicted molar refractivity (Wildman–Crippen MR) is 77.5 cm³/mol. The zero-order valence-corrected chi connectivity index (χ0v) is 12.3. The summed E-state index contributed by atoms with van der Waals surface area (Å²) >= 11 is 0. The minimum atomic E-state index is -3.18. The number of aromatic nitrogens is 4. The largest absolute Gasteiger partial charge is 0.345 e. The van der Waals surface area contributed by atoms with Crippen molar-refractivity contribution in [1.82, 2.24) is 25.5 Å². The maximum atomic E-state index is 12.1. The normalized spacial score (nSPS) is 19.2. The lowest BCUT2D eigenvalue weighted by molar-refractivity contribution is 0.0947. The molecule has 0 fully saturated rings. The van der Waals surface area contributed by atoms with Gasteiger partial charge in [-0.2, -0.15) is 0 Å². The van der Waals surface area contributed by atoms with Crippen LogP contribution in [0.4, 0.5) is 0 Å². The minimum Gasteiger partial charge on any atom is -0.345 e. The molecule has 1 unspecified atom stereocenters. The Kier molecular flexibility index (Phi) is 3.72. The third-order valence-electron chi connectivity index (χ3n) is 3.20. The van der Waals surface area contributed by atoms with Crippen molar-refractivity contribution in [3.8, 4) is 0 Å². The third kappa shape index (κ3) is 3.37. The average molecular weight is 319 g/mol.